The van der Waals surface area contributed by atoms with Gasteiger partial charge >= 0.3 is 0 Å². The van der Waals surface area contributed by atoms with Crippen molar-refractivity contribution in [2.45, 2.75) is 45.8 Å². The lowest BCUT2D eigenvalue weighted by atomic mass is 9.94. The van der Waals surface area contributed by atoms with Crippen LogP contribution in [0.25, 0.3) is 0 Å². The zero-order chi connectivity index (χ0) is 13.8. The van der Waals surface area contributed by atoms with E-state index in [9.17, 15) is 4.39 Å². The molecule has 0 spiro atoms. The predicted octanol–water partition coefficient (Wildman–Crippen LogP) is 3.03. The molecular formula is C16H25FN2. The maximum atomic E-state index is 13.3. The van der Waals surface area contributed by atoms with E-state index in [-0.39, 0.29) is 5.82 Å². The van der Waals surface area contributed by atoms with Crippen LogP contribution in [0.15, 0.2) is 24.3 Å². The Morgan fingerprint density at radius 3 is 2.95 bits per heavy atom. The molecular weight excluding hydrogens is 239 g/mol. The molecule has 19 heavy (non-hydrogen) atoms. The van der Waals surface area contributed by atoms with Crippen molar-refractivity contribution < 1.29 is 4.39 Å². The topological polar surface area (TPSA) is 15.3 Å². The van der Waals surface area contributed by atoms with Gasteiger partial charge in [-0.05, 0) is 30.5 Å². The monoisotopic (exact) mass is 264 g/mol. The summed E-state index contributed by atoms with van der Waals surface area (Å²) in [5, 5.41) is 3.56. The minimum Gasteiger partial charge on any atom is -0.311 e. The van der Waals surface area contributed by atoms with Gasteiger partial charge in [0.15, 0.2) is 0 Å². The molecule has 1 aliphatic heterocycles. The standard InChI is InChI=1S/C16H25FN2/c1-4-12(2)16-9-18-13(3)10-19(16)11-14-6-5-7-15(17)8-14/h5-8,12-13,16,18H,4,9-11H2,1-3H3. The average molecular weight is 264 g/mol. The van der Waals surface area contributed by atoms with Crippen LogP contribution >= 0.6 is 0 Å². The SMILES string of the molecule is CCC(C)C1CNC(C)CN1Cc1cccc(F)c1. The van der Waals surface area contributed by atoms with Crippen molar-refractivity contribution in [1.29, 1.82) is 0 Å². The molecule has 1 N–H and O–H groups in total. The molecule has 2 rings (SSSR count). The first-order valence-electron chi connectivity index (χ1n) is 7.32. The molecule has 0 aliphatic carbocycles. The number of nitrogens with one attached hydrogen (secondary N) is 1. The minimum absolute atomic E-state index is 0.138. The fourth-order valence-electron chi connectivity index (χ4n) is 2.89. The number of piperazine rings is 1. The van der Waals surface area contributed by atoms with Crippen molar-refractivity contribution in [3.8, 4) is 0 Å². The van der Waals surface area contributed by atoms with Gasteiger partial charge in [-0.3, -0.25) is 4.90 Å². The summed E-state index contributed by atoms with van der Waals surface area (Å²) < 4.78 is 13.3. The lowest BCUT2D eigenvalue weighted by Crippen LogP contribution is -2.57. The minimum atomic E-state index is -0.138. The van der Waals surface area contributed by atoms with Crippen molar-refractivity contribution >= 4 is 0 Å². The summed E-state index contributed by atoms with van der Waals surface area (Å²) in [6, 6.07) is 8.03. The Labute approximate surface area is 116 Å². The Morgan fingerprint density at radius 1 is 1.47 bits per heavy atom. The molecule has 0 radical (unpaired) electrons. The zero-order valence-electron chi connectivity index (χ0n) is 12.2. The molecule has 1 heterocycles. The van der Waals surface area contributed by atoms with Gasteiger partial charge in [0, 0.05) is 31.7 Å². The molecule has 3 unspecified atom stereocenters. The molecule has 1 aromatic carbocycles. The Balaban J connectivity index is 2.09. The summed E-state index contributed by atoms with van der Waals surface area (Å²) in [4.78, 5) is 2.50. The predicted molar refractivity (Wildman–Crippen MR) is 77.5 cm³/mol. The van der Waals surface area contributed by atoms with E-state index in [0.29, 0.717) is 18.0 Å². The Kier molecular flexibility index (Phi) is 4.94. The molecule has 106 valence electrons. The fraction of sp³-hybridized carbons (Fsp3) is 0.625. The van der Waals surface area contributed by atoms with Gasteiger partial charge in [0.1, 0.15) is 5.82 Å². The quantitative estimate of drug-likeness (QED) is 0.899. The molecule has 3 heteroatoms. The van der Waals surface area contributed by atoms with Crippen molar-refractivity contribution in [3.05, 3.63) is 35.6 Å². The van der Waals surface area contributed by atoms with Crippen LogP contribution in [0.4, 0.5) is 4.39 Å². The number of hydrogen-bond donors (Lipinski definition) is 1. The summed E-state index contributed by atoms with van der Waals surface area (Å²) in [6.07, 6.45) is 1.18. The number of benzene rings is 1. The summed E-state index contributed by atoms with van der Waals surface area (Å²) in [5.74, 6) is 0.523. The van der Waals surface area contributed by atoms with Crippen molar-refractivity contribution in [2.24, 2.45) is 5.92 Å². The van der Waals surface area contributed by atoms with Crippen LogP contribution in [0.1, 0.15) is 32.8 Å². The van der Waals surface area contributed by atoms with E-state index >= 15 is 0 Å². The highest BCUT2D eigenvalue weighted by Gasteiger charge is 2.29. The highest BCUT2D eigenvalue weighted by Crippen LogP contribution is 2.20. The Morgan fingerprint density at radius 2 is 2.26 bits per heavy atom. The Hall–Kier alpha value is -0.930. The van der Waals surface area contributed by atoms with Crippen LogP contribution in [0, 0.1) is 11.7 Å². The third-order valence-electron chi connectivity index (χ3n) is 4.23. The van der Waals surface area contributed by atoms with Crippen LogP contribution in [0.5, 0.6) is 0 Å². The van der Waals surface area contributed by atoms with Gasteiger partial charge in [-0.15, -0.1) is 0 Å². The van der Waals surface area contributed by atoms with Crippen LogP contribution < -0.4 is 5.32 Å². The molecule has 1 aliphatic rings. The third kappa shape index (κ3) is 3.77. The number of hydrogen-bond acceptors (Lipinski definition) is 2. The van der Waals surface area contributed by atoms with E-state index in [1.807, 2.05) is 6.07 Å². The summed E-state index contributed by atoms with van der Waals surface area (Å²) in [7, 11) is 0. The first-order chi connectivity index (χ1) is 9.10. The molecule has 1 saturated heterocycles. The lowest BCUT2D eigenvalue weighted by molar-refractivity contribution is 0.0884. The zero-order valence-corrected chi connectivity index (χ0v) is 12.2. The van der Waals surface area contributed by atoms with Crippen LogP contribution in [0.3, 0.4) is 0 Å². The van der Waals surface area contributed by atoms with E-state index in [1.165, 1.54) is 12.5 Å². The van der Waals surface area contributed by atoms with Crippen molar-refractivity contribution in [1.82, 2.24) is 10.2 Å². The average Bonchev–Trinajstić information content (AvgIpc) is 2.38. The Bertz CT molecular complexity index is 407. The second kappa shape index (κ2) is 6.49. The highest BCUT2D eigenvalue weighted by atomic mass is 19.1. The van der Waals surface area contributed by atoms with Gasteiger partial charge in [0.05, 0.1) is 0 Å². The van der Waals surface area contributed by atoms with Gasteiger partial charge in [-0.1, -0.05) is 32.4 Å². The van der Waals surface area contributed by atoms with Gasteiger partial charge < -0.3 is 5.32 Å². The first-order valence-corrected chi connectivity index (χ1v) is 7.32. The summed E-state index contributed by atoms with van der Waals surface area (Å²) in [6.45, 7) is 9.67. The number of halogens is 1. The summed E-state index contributed by atoms with van der Waals surface area (Å²) in [5.41, 5.74) is 1.07. The second-order valence-electron chi connectivity index (χ2n) is 5.82. The smallest absolute Gasteiger partial charge is 0.123 e. The second-order valence-corrected chi connectivity index (χ2v) is 5.82. The van der Waals surface area contributed by atoms with Crippen LogP contribution in [0.2, 0.25) is 0 Å². The molecule has 0 saturated carbocycles. The normalized spacial score (nSPS) is 26.3. The van der Waals surface area contributed by atoms with Crippen molar-refractivity contribution in [3.63, 3.8) is 0 Å². The number of rotatable bonds is 4. The van der Waals surface area contributed by atoms with E-state index in [1.54, 1.807) is 12.1 Å². The highest BCUT2D eigenvalue weighted by molar-refractivity contribution is 5.16. The first kappa shape index (κ1) is 14.5. The molecule has 0 amide bonds. The van der Waals surface area contributed by atoms with Gasteiger partial charge in [0.25, 0.3) is 0 Å². The number of nitrogens with zero attached hydrogens (tertiary/aromatic N) is 1. The summed E-state index contributed by atoms with van der Waals surface area (Å²) >= 11 is 0. The van der Waals surface area contributed by atoms with E-state index in [0.717, 1.165) is 25.2 Å². The molecule has 0 aromatic heterocycles. The molecule has 2 nitrogen and oxygen atoms in total. The fourth-order valence-corrected chi connectivity index (χ4v) is 2.89. The maximum Gasteiger partial charge on any atom is 0.123 e. The van der Waals surface area contributed by atoms with Gasteiger partial charge in [0.2, 0.25) is 0 Å². The van der Waals surface area contributed by atoms with E-state index in [4.69, 9.17) is 0 Å². The van der Waals surface area contributed by atoms with Crippen molar-refractivity contribution in [2.75, 3.05) is 13.1 Å². The van der Waals surface area contributed by atoms with Crippen LogP contribution in [-0.2, 0) is 6.54 Å². The molecule has 1 fully saturated rings. The van der Waals surface area contributed by atoms with Gasteiger partial charge in [-0.2, -0.15) is 0 Å². The molecule has 1 aromatic rings. The lowest BCUT2D eigenvalue weighted by Gasteiger charge is -2.42. The molecule has 0 bridgehead atoms. The maximum absolute atomic E-state index is 13.3. The largest absolute Gasteiger partial charge is 0.311 e. The molecule has 3 atom stereocenters. The third-order valence-corrected chi connectivity index (χ3v) is 4.23. The van der Waals surface area contributed by atoms with E-state index in [2.05, 4.69) is 31.0 Å². The van der Waals surface area contributed by atoms with Crippen LogP contribution in [-0.4, -0.2) is 30.1 Å². The van der Waals surface area contributed by atoms with E-state index < -0.39 is 0 Å². The van der Waals surface area contributed by atoms with Gasteiger partial charge in [-0.25, -0.2) is 4.39 Å².